The Morgan fingerprint density at radius 1 is 0.786 bits per heavy atom. The van der Waals surface area contributed by atoms with Crippen LogP contribution in [0.2, 0.25) is 0 Å². The first kappa shape index (κ1) is 12.0. The van der Waals surface area contributed by atoms with E-state index in [1.807, 2.05) is 0 Å². The number of nitrogens with one attached hydrogen (secondary N) is 2. The first-order valence-electron chi connectivity index (χ1n) is 6.24. The molecule has 1 spiro atoms. The van der Waals surface area contributed by atoms with Crippen molar-refractivity contribution in [1.82, 2.24) is 10.6 Å². The maximum absolute atomic E-state index is 3.44. The first-order valence-corrected chi connectivity index (χ1v) is 6.24. The van der Waals surface area contributed by atoms with Gasteiger partial charge in [0.05, 0.1) is 0 Å². The second-order valence-electron chi connectivity index (χ2n) is 4.71. The Morgan fingerprint density at radius 3 is 1.36 bits per heavy atom. The topological polar surface area (TPSA) is 24.1 Å². The predicted molar refractivity (Wildman–Crippen MR) is 62.6 cm³/mol. The van der Waals surface area contributed by atoms with Gasteiger partial charge >= 0.3 is 0 Å². The van der Waals surface area contributed by atoms with Crippen molar-refractivity contribution in [3.05, 3.63) is 0 Å². The van der Waals surface area contributed by atoms with Gasteiger partial charge in [-0.25, -0.2) is 0 Å². The minimum Gasteiger partial charge on any atom is -0.317 e. The summed E-state index contributed by atoms with van der Waals surface area (Å²) < 4.78 is 0. The summed E-state index contributed by atoms with van der Waals surface area (Å²) in [5.74, 6) is 0. The van der Waals surface area contributed by atoms with Gasteiger partial charge in [-0.05, 0) is 57.3 Å². The molecule has 2 heterocycles. The number of rotatable bonds is 0. The molecule has 0 bridgehead atoms. The molecule has 0 aromatic rings. The first-order chi connectivity index (χ1) is 6.83. The second kappa shape index (κ2) is 6.41. The molecule has 2 aliphatic rings. The minimum absolute atomic E-state index is 0.733. The van der Waals surface area contributed by atoms with Crippen molar-refractivity contribution in [3.63, 3.8) is 0 Å². The van der Waals surface area contributed by atoms with Gasteiger partial charge in [0.2, 0.25) is 0 Å². The van der Waals surface area contributed by atoms with Crippen LogP contribution in [0.5, 0.6) is 0 Å². The Morgan fingerprint density at radius 2 is 1.07 bits per heavy atom. The molecule has 0 amide bonds. The molecule has 2 heteroatoms. The van der Waals surface area contributed by atoms with Crippen LogP contribution in [0.4, 0.5) is 0 Å². The molecule has 2 fully saturated rings. The van der Waals surface area contributed by atoms with E-state index in [1.165, 1.54) is 58.3 Å². The molecule has 84 valence electrons. The molecule has 2 aliphatic heterocycles. The molecule has 2 N–H and O–H groups in total. The Labute approximate surface area is 88.8 Å². The van der Waals surface area contributed by atoms with E-state index in [2.05, 4.69) is 24.5 Å². The van der Waals surface area contributed by atoms with Crippen LogP contribution in [-0.4, -0.2) is 26.2 Å². The maximum atomic E-state index is 3.44. The maximum Gasteiger partial charge on any atom is -0.00436 e. The smallest absolute Gasteiger partial charge is 0.00436 e. The van der Waals surface area contributed by atoms with Gasteiger partial charge in [-0.3, -0.25) is 0 Å². The van der Waals surface area contributed by atoms with Crippen LogP contribution < -0.4 is 10.6 Å². The third-order valence-electron chi connectivity index (χ3n) is 3.33. The zero-order chi connectivity index (χ0) is 10.3. The molecule has 2 rings (SSSR count). The molecular weight excluding hydrogens is 172 g/mol. The van der Waals surface area contributed by atoms with Crippen LogP contribution >= 0.6 is 0 Å². The van der Waals surface area contributed by atoms with Crippen LogP contribution in [0, 0.1) is 5.41 Å². The molecular formula is C12H26N2. The van der Waals surface area contributed by atoms with Gasteiger partial charge in [-0.15, -0.1) is 0 Å². The molecule has 14 heavy (non-hydrogen) atoms. The monoisotopic (exact) mass is 198 g/mol. The molecule has 0 radical (unpaired) electrons. The van der Waals surface area contributed by atoms with E-state index in [9.17, 15) is 0 Å². The highest BCUT2D eigenvalue weighted by molar-refractivity contribution is 4.88. The van der Waals surface area contributed by atoms with Crippen molar-refractivity contribution in [2.75, 3.05) is 26.2 Å². The molecule has 0 aliphatic carbocycles. The average Bonchev–Trinajstić information content (AvgIpc) is 2.21. The number of hydrogen-bond donors (Lipinski definition) is 2. The fourth-order valence-electron chi connectivity index (χ4n) is 2.41. The highest BCUT2D eigenvalue weighted by atomic mass is 14.9. The van der Waals surface area contributed by atoms with E-state index in [1.54, 1.807) is 0 Å². The van der Waals surface area contributed by atoms with Gasteiger partial charge in [-0.2, -0.15) is 0 Å². The summed E-state index contributed by atoms with van der Waals surface area (Å²) >= 11 is 0. The van der Waals surface area contributed by atoms with Gasteiger partial charge in [-0.1, -0.05) is 20.3 Å². The van der Waals surface area contributed by atoms with Crippen LogP contribution in [0.15, 0.2) is 0 Å². The lowest BCUT2D eigenvalue weighted by Gasteiger charge is -2.41. The zero-order valence-corrected chi connectivity index (χ0v) is 9.86. The average molecular weight is 198 g/mol. The summed E-state index contributed by atoms with van der Waals surface area (Å²) in [5.41, 5.74) is 0.733. The summed E-state index contributed by atoms with van der Waals surface area (Å²) in [7, 11) is 0. The predicted octanol–water partition coefficient (Wildman–Crippen LogP) is 2.16. The summed E-state index contributed by atoms with van der Waals surface area (Å²) in [5, 5.41) is 6.87. The highest BCUT2D eigenvalue weighted by Crippen LogP contribution is 2.37. The van der Waals surface area contributed by atoms with Crippen molar-refractivity contribution >= 4 is 0 Å². The molecule has 0 aromatic carbocycles. The van der Waals surface area contributed by atoms with Gasteiger partial charge in [0.1, 0.15) is 0 Å². The van der Waals surface area contributed by atoms with E-state index >= 15 is 0 Å². The summed E-state index contributed by atoms with van der Waals surface area (Å²) in [4.78, 5) is 0. The van der Waals surface area contributed by atoms with Crippen molar-refractivity contribution < 1.29 is 0 Å². The van der Waals surface area contributed by atoms with Gasteiger partial charge < -0.3 is 10.6 Å². The number of hydrogen-bond acceptors (Lipinski definition) is 2. The van der Waals surface area contributed by atoms with Crippen molar-refractivity contribution in [1.29, 1.82) is 0 Å². The lowest BCUT2D eigenvalue weighted by Crippen LogP contribution is -2.43. The Bertz CT molecular complexity index is 114. The van der Waals surface area contributed by atoms with Crippen molar-refractivity contribution in [3.8, 4) is 0 Å². The van der Waals surface area contributed by atoms with E-state index in [0.717, 1.165) is 5.41 Å². The largest absolute Gasteiger partial charge is 0.317 e. The van der Waals surface area contributed by atoms with E-state index in [4.69, 9.17) is 0 Å². The lowest BCUT2D eigenvalue weighted by molar-refractivity contribution is 0.144. The fourth-order valence-corrected chi connectivity index (χ4v) is 2.41. The molecule has 0 atom stereocenters. The highest BCUT2D eigenvalue weighted by Gasteiger charge is 2.32. The van der Waals surface area contributed by atoms with E-state index < -0.39 is 0 Å². The van der Waals surface area contributed by atoms with Crippen LogP contribution in [0.3, 0.4) is 0 Å². The van der Waals surface area contributed by atoms with Gasteiger partial charge in [0, 0.05) is 0 Å². The summed E-state index contributed by atoms with van der Waals surface area (Å²) in [6.45, 7) is 9.25. The Hall–Kier alpha value is -0.0800. The van der Waals surface area contributed by atoms with Gasteiger partial charge in [0.25, 0.3) is 0 Å². The van der Waals surface area contributed by atoms with Crippen LogP contribution in [0.25, 0.3) is 0 Å². The summed E-state index contributed by atoms with van der Waals surface area (Å²) in [6.07, 6.45) is 6.90. The third kappa shape index (κ3) is 3.58. The molecule has 2 saturated heterocycles. The molecule has 0 aromatic heterocycles. The fraction of sp³-hybridized carbons (Fsp3) is 1.00. The lowest BCUT2D eigenvalue weighted by atomic mass is 9.72. The number of piperidine rings is 2. The SMILES string of the molecule is C1CC2(CCN1)CCNCC2.CCC. The zero-order valence-electron chi connectivity index (χ0n) is 9.86. The third-order valence-corrected chi connectivity index (χ3v) is 3.33. The van der Waals surface area contributed by atoms with Crippen molar-refractivity contribution in [2.24, 2.45) is 5.41 Å². The quantitative estimate of drug-likeness (QED) is 0.623. The standard InChI is InChI=1S/C9H18N2.C3H8/c1-5-10-6-2-9(1)3-7-11-8-4-9;1-3-2/h10-11H,1-8H2;3H2,1-2H3. The molecule has 2 nitrogen and oxygen atoms in total. The molecule has 0 unspecified atom stereocenters. The Balaban J connectivity index is 0.000000293. The van der Waals surface area contributed by atoms with Crippen LogP contribution in [-0.2, 0) is 0 Å². The van der Waals surface area contributed by atoms with E-state index in [-0.39, 0.29) is 0 Å². The Kier molecular flexibility index (Phi) is 5.49. The minimum atomic E-state index is 0.733. The van der Waals surface area contributed by atoms with Crippen molar-refractivity contribution in [2.45, 2.75) is 46.0 Å². The van der Waals surface area contributed by atoms with Gasteiger partial charge in [0.15, 0.2) is 0 Å². The molecule has 0 saturated carbocycles. The second-order valence-corrected chi connectivity index (χ2v) is 4.71. The normalized spacial score (nSPS) is 25.3. The van der Waals surface area contributed by atoms with E-state index in [0.29, 0.717) is 0 Å². The summed E-state index contributed by atoms with van der Waals surface area (Å²) in [6, 6.07) is 0. The van der Waals surface area contributed by atoms with Crippen LogP contribution in [0.1, 0.15) is 46.0 Å².